The van der Waals surface area contributed by atoms with Crippen LogP contribution in [0.5, 0.6) is 0 Å². The highest BCUT2D eigenvalue weighted by molar-refractivity contribution is 9.10. The first kappa shape index (κ1) is 14.7. The Morgan fingerprint density at radius 2 is 2.33 bits per heavy atom. The normalized spacial score (nSPS) is 11.7. The number of methoxy groups -OCH3 is 1. The predicted molar refractivity (Wildman–Crippen MR) is 73.1 cm³/mol. The molecule has 4 nitrogen and oxygen atoms in total. The minimum absolute atomic E-state index is 0.0649. The molecule has 96 valence electrons. The second-order valence-electron chi connectivity index (χ2n) is 4.12. The Morgan fingerprint density at radius 1 is 1.61 bits per heavy atom. The number of ether oxygens (including phenoxy) is 1. The summed E-state index contributed by atoms with van der Waals surface area (Å²) in [6.45, 7) is 2.51. The number of hydrogen-bond acceptors (Lipinski definition) is 3. The highest BCUT2D eigenvalue weighted by atomic mass is 79.9. The Morgan fingerprint density at radius 3 is 2.89 bits per heavy atom. The minimum atomic E-state index is -0.0649. The molecule has 5 heteroatoms. The molecule has 0 radical (unpaired) electrons. The van der Waals surface area contributed by atoms with E-state index in [1.165, 1.54) is 0 Å². The Kier molecular flexibility index (Phi) is 5.83. The summed E-state index contributed by atoms with van der Waals surface area (Å²) in [6, 6.07) is 7.09. The smallest absolute Gasteiger partial charge is 0.224 e. The highest BCUT2D eigenvalue weighted by Gasteiger charge is 2.10. The molecule has 0 aliphatic heterocycles. The van der Waals surface area contributed by atoms with Gasteiger partial charge in [-0.25, -0.2) is 0 Å². The third kappa shape index (κ3) is 4.47. The molecular formula is C13H15BrN2O2. The molecule has 0 aliphatic carbocycles. The standard InChI is InChI=1S/C13H15BrN2O2/c1-9(8-18-2)5-13(17)16-12-4-3-10(7-15)6-11(12)14/h3-4,6,9H,5,8H2,1-2H3,(H,16,17). The van der Waals surface area contributed by atoms with Gasteiger partial charge in [0.25, 0.3) is 0 Å². The molecule has 1 aromatic carbocycles. The maximum Gasteiger partial charge on any atom is 0.224 e. The van der Waals surface area contributed by atoms with E-state index in [-0.39, 0.29) is 11.8 Å². The molecule has 18 heavy (non-hydrogen) atoms. The van der Waals surface area contributed by atoms with Crippen molar-refractivity contribution in [2.75, 3.05) is 19.0 Å². The van der Waals surface area contributed by atoms with Gasteiger partial charge in [0.1, 0.15) is 0 Å². The van der Waals surface area contributed by atoms with E-state index >= 15 is 0 Å². The molecule has 0 spiro atoms. The third-order valence-electron chi connectivity index (χ3n) is 2.36. The molecule has 0 bridgehead atoms. The minimum Gasteiger partial charge on any atom is -0.384 e. The van der Waals surface area contributed by atoms with E-state index < -0.39 is 0 Å². The third-order valence-corrected chi connectivity index (χ3v) is 3.01. The van der Waals surface area contributed by atoms with Gasteiger partial charge in [0.15, 0.2) is 0 Å². The van der Waals surface area contributed by atoms with Crippen LogP contribution in [0.25, 0.3) is 0 Å². The maximum absolute atomic E-state index is 11.8. The summed E-state index contributed by atoms with van der Waals surface area (Å²) >= 11 is 3.32. The van der Waals surface area contributed by atoms with Crippen molar-refractivity contribution < 1.29 is 9.53 Å². The van der Waals surface area contributed by atoms with Gasteiger partial charge in [-0.3, -0.25) is 4.79 Å². The molecule has 1 unspecified atom stereocenters. The Bertz CT molecular complexity index is 469. The maximum atomic E-state index is 11.8. The quantitative estimate of drug-likeness (QED) is 0.909. The first-order valence-corrected chi connectivity index (χ1v) is 6.34. The van der Waals surface area contributed by atoms with Crippen LogP contribution in [-0.2, 0) is 9.53 Å². The van der Waals surface area contributed by atoms with E-state index in [9.17, 15) is 4.79 Å². The number of hydrogen-bond donors (Lipinski definition) is 1. The van der Waals surface area contributed by atoms with E-state index in [2.05, 4.69) is 21.2 Å². The Balaban J connectivity index is 2.62. The topological polar surface area (TPSA) is 62.1 Å². The zero-order valence-electron chi connectivity index (χ0n) is 10.4. The lowest BCUT2D eigenvalue weighted by Crippen LogP contribution is -2.17. The molecule has 1 aromatic rings. The zero-order chi connectivity index (χ0) is 13.5. The Labute approximate surface area is 115 Å². The molecule has 0 saturated heterocycles. The van der Waals surface area contributed by atoms with Gasteiger partial charge in [0, 0.05) is 24.6 Å². The van der Waals surface area contributed by atoms with Gasteiger partial charge in [0.2, 0.25) is 5.91 Å². The van der Waals surface area contributed by atoms with E-state index in [0.717, 1.165) is 0 Å². The van der Waals surface area contributed by atoms with E-state index in [4.69, 9.17) is 10.00 Å². The van der Waals surface area contributed by atoms with Crippen LogP contribution in [0.2, 0.25) is 0 Å². The van der Waals surface area contributed by atoms with Crippen molar-refractivity contribution in [3.63, 3.8) is 0 Å². The van der Waals surface area contributed by atoms with Crippen LogP contribution in [0.15, 0.2) is 22.7 Å². The fourth-order valence-electron chi connectivity index (χ4n) is 1.55. The average molecular weight is 311 g/mol. The van der Waals surface area contributed by atoms with Gasteiger partial charge >= 0.3 is 0 Å². The van der Waals surface area contributed by atoms with E-state index in [1.807, 2.05) is 13.0 Å². The largest absolute Gasteiger partial charge is 0.384 e. The number of nitrogens with one attached hydrogen (secondary N) is 1. The van der Waals surface area contributed by atoms with Crippen LogP contribution >= 0.6 is 15.9 Å². The number of nitriles is 1. The lowest BCUT2D eigenvalue weighted by molar-refractivity contribution is -0.117. The summed E-state index contributed by atoms with van der Waals surface area (Å²) in [5.41, 5.74) is 1.22. The zero-order valence-corrected chi connectivity index (χ0v) is 12.0. The molecule has 1 atom stereocenters. The first-order chi connectivity index (χ1) is 8.56. The lowest BCUT2D eigenvalue weighted by Gasteiger charge is -2.11. The molecule has 1 N–H and O–H groups in total. The van der Waals surface area contributed by atoms with E-state index in [1.54, 1.807) is 25.3 Å². The number of carbonyl (C=O) groups is 1. The van der Waals surface area contributed by atoms with Crippen molar-refractivity contribution in [3.8, 4) is 6.07 Å². The van der Waals surface area contributed by atoms with Crippen LogP contribution in [0.1, 0.15) is 18.9 Å². The van der Waals surface area contributed by atoms with Gasteiger partial charge < -0.3 is 10.1 Å². The summed E-state index contributed by atoms with van der Waals surface area (Å²) in [7, 11) is 1.62. The molecule has 0 aliphatic rings. The lowest BCUT2D eigenvalue weighted by atomic mass is 10.1. The fourth-order valence-corrected chi connectivity index (χ4v) is 2.03. The first-order valence-electron chi connectivity index (χ1n) is 5.55. The van der Waals surface area contributed by atoms with Gasteiger partial charge in [-0.2, -0.15) is 5.26 Å². The number of nitrogens with zero attached hydrogens (tertiary/aromatic N) is 1. The summed E-state index contributed by atoms with van der Waals surface area (Å²) in [6.07, 6.45) is 0.403. The molecule has 0 heterocycles. The molecule has 1 amide bonds. The van der Waals surface area contributed by atoms with Crippen LogP contribution < -0.4 is 5.32 Å². The number of anilines is 1. The van der Waals surface area contributed by atoms with Gasteiger partial charge in [-0.1, -0.05) is 6.92 Å². The van der Waals surface area contributed by atoms with Gasteiger partial charge in [0.05, 0.1) is 17.3 Å². The van der Waals surface area contributed by atoms with Crippen LogP contribution in [0.3, 0.4) is 0 Å². The van der Waals surface area contributed by atoms with Crippen molar-refractivity contribution in [1.29, 1.82) is 5.26 Å². The Hall–Kier alpha value is -1.38. The van der Waals surface area contributed by atoms with Crippen LogP contribution in [0, 0.1) is 17.2 Å². The van der Waals surface area contributed by atoms with Gasteiger partial charge in [-0.05, 0) is 40.0 Å². The summed E-state index contributed by atoms with van der Waals surface area (Å²) in [4.78, 5) is 11.8. The number of benzene rings is 1. The number of rotatable bonds is 5. The monoisotopic (exact) mass is 310 g/mol. The van der Waals surface area contributed by atoms with Crippen LogP contribution in [0.4, 0.5) is 5.69 Å². The van der Waals surface area contributed by atoms with Crippen molar-refractivity contribution in [1.82, 2.24) is 0 Å². The summed E-state index contributed by atoms with van der Waals surface area (Å²) < 4.78 is 5.69. The van der Waals surface area contributed by atoms with Crippen molar-refractivity contribution >= 4 is 27.5 Å². The molecule has 0 fully saturated rings. The number of halogens is 1. The second kappa shape index (κ2) is 7.14. The molecule has 0 saturated carbocycles. The number of amides is 1. The summed E-state index contributed by atoms with van der Waals surface area (Å²) in [5, 5.41) is 11.5. The van der Waals surface area contributed by atoms with Crippen molar-refractivity contribution in [3.05, 3.63) is 28.2 Å². The van der Waals surface area contributed by atoms with Crippen LogP contribution in [-0.4, -0.2) is 19.6 Å². The average Bonchev–Trinajstić information content (AvgIpc) is 2.31. The van der Waals surface area contributed by atoms with Crippen molar-refractivity contribution in [2.24, 2.45) is 5.92 Å². The molecule has 0 aromatic heterocycles. The predicted octanol–water partition coefficient (Wildman–Crippen LogP) is 2.93. The SMILES string of the molecule is COCC(C)CC(=O)Nc1ccc(C#N)cc1Br. The van der Waals surface area contributed by atoms with Gasteiger partial charge in [-0.15, -0.1) is 0 Å². The fraction of sp³-hybridized carbons (Fsp3) is 0.385. The highest BCUT2D eigenvalue weighted by Crippen LogP contribution is 2.23. The number of carbonyl (C=O) groups excluding carboxylic acids is 1. The summed E-state index contributed by atoms with van der Waals surface area (Å²) in [5.74, 6) is 0.108. The second-order valence-corrected chi connectivity index (χ2v) is 4.97. The van der Waals surface area contributed by atoms with E-state index in [0.29, 0.717) is 28.8 Å². The molecular weight excluding hydrogens is 296 g/mol. The van der Waals surface area contributed by atoms with Crippen molar-refractivity contribution in [2.45, 2.75) is 13.3 Å². The molecule has 1 rings (SSSR count).